The predicted molar refractivity (Wildman–Crippen MR) is 48.6 cm³/mol. The van der Waals surface area contributed by atoms with Crippen LogP contribution >= 0.6 is 0 Å². The van der Waals surface area contributed by atoms with Crippen LogP contribution in [0.25, 0.3) is 0 Å². The van der Waals surface area contributed by atoms with Gasteiger partial charge in [0.2, 0.25) is 0 Å². The van der Waals surface area contributed by atoms with Crippen LogP contribution in [0, 0.1) is 13.8 Å². The van der Waals surface area contributed by atoms with E-state index >= 15 is 0 Å². The summed E-state index contributed by atoms with van der Waals surface area (Å²) >= 11 is 0. The second-order valence-electron chi connectivity index (χ2n) is 3.99. The Hall–Kier alpha value is -0.830. The summed E-state index contributed by atoms with van der Waals surface area (Å²) in [5, 5.41) is 13.3. The molecule has 0 aromatic carbocycles. The zero-order valence-corrected chi connectivity index (χ0v) is 8.13. The molecule has 1 aromatic heterocycles. The molecule has 1 aliphatic carbocycles. The van der Waals surface area contributed by atoms with Crippen LogP contribution in [0.4, 0.5) is 0 Å². The maximum atomic E-state index is 9.39. The van der Waals surface area contributed by atoms with Crippen LogP contribution in [0.3, 0.4) is 0 Å². The molecule has 1 aromatic rings. The SMILES string of the molecule is Cc1noc(C)c1C1(CO)CCC1. The standard InChI is InChI=1S/C10H15NO2/c1-7-9(8(2)13-11-7)10(6-12)4-3-5-10/h12H,3-6H2,1-2H3. The van der Waals surface area contributed by atoms with Gasteiger partial charge in [-0.25, -0.2) is 0 Å². The van der Waals surface area contributed by atoms with Crippen molar-refractivity contribution in [3.8, 4) is 0 Å². The third-order valence-corrected chi connectivity index (χ3v) is 3.18. The van der Waals surface area contributed by atoms with Gasteiger partial charge in [0.1, 0.15) is 5.76 Å². The number of aliphatic hydroxyl groups is 1. The van der Waals surface area contributed by atoms with Gasteiger partial charge in [-0.2, -0.15) is 0 Å². The summed E-state index contributed by atoms with van der Waals surface area (Å²) in [5.41, 5.74) is 2.04. The highest BCUT2D eigenvalue weighted by atomic mass is 16.5. The fraction of sp³-hybridized carbons (Fsp3) is 0.700. The third kappa shape index (κ3) is 1.10. The highest BCUT2D eigenvalue weighted by Crippen LogP contribution is 2.45. The first-order valence-electron chi connectivity index (χ1n) is 4.74. The van der Waals surface area contributed by atoms with E-state index in [9.17, 15) is 5.11 Å². The Bertz CT molecular complexity index is 288. The Balaban J connectivity index is 2.43. The fourth-order valence-corrected chi connectivity index (χ4v) is 2.33. The maximum absolute atomic E-state index is 9.39. The van der Waals surface area contributed by atoms with E-state index in [4.69, 9.17) is 4.52 Å². The second-order valence-corrected chi connectivity index (χ2v) is 3.99. The van der Waals surface area contributed by atoms with Crippen molar-refractivity contribution in [2.45, 2.75) is 38.5 Å². The lowest BCUT2D eigenvalue weighted by atomic mass is 9.64. The molecule has 0 unspecified atom stereocenters. The number of aryl methyl sites for hydroxylation is 2. The number of aromatic nitrogens is 1. The number of aliphatic hydroxyl groups excluding tert-OH is 1. The van der Waals surface area contributed by atoms with Gasteiger partial charge >= 0.3 is 0 Å². The lowest BCUT2D eigenvalue weighted by Gasteiger charge is -2.40. The van der Waals surface area contributed by atoms with Crippen molar-refractivity contribution in [3.05, 3.63) is 17.0 Å². The highest BCUT2D eigenvalue weighted by Gasteiger charge is 2.42. The van der Waals surface area contributed by atoms with Crippen molar-refractivity contribution < 1.29 is 9.63 Å². The van der Waals surface area contributed by atoms with Crippen LogP contribution in [0.1, 0.15) is 36.3 Å². The molecule has 0 saturated heterocycles. The minimum absolute atomic E-state index is 0.0336. The van der Waals surface area contributed by atoms with Crippen LogP contribution in [0.5, 0.6) is 0 Å². The number of hydrogen-bond donors (Lipinski definition) is 1. The maximum Gasteiger partial charge on any atom is 0.137 e. The molecule has 1 fully saturated rings. The molecular formula is C10H15NO2. The fourth-order valence-electron chi connectivity index (χ4n) is 2.33. The molecule has 3 heteroatoms. The Morgan fingerprint density at radius 2 is 2.15 bits per heavy atom. The summed E-state index contributed by atoms with van der Waals surface area (Å²) in [6, 6.07) is 0. The first-order chi connectivity index (χ1) is 6.19. The summed E-state index contributed by atoms with van der Waals surface area (Å²) in [7, 11) is 0. The lowest BCUT2D eigenvalue weighted by Crippen LogP contribution is -2.38. The van der Waals surface area contributed by atoms with E-state index < -0.39 is 0 Å². The molecule has 0 spiro atoms. The van der Waals surface area contributed by atoms with Gasteiger partial charge in [0, 0.05) is 11.0 Å². The van der Waals surface area contributed by atoms with Crippen molar-refractivity contribution in [3.63, 3.8) is 0 Å². The molecule has 0 bridgehead atoms. The van der Waals surface area contributed by atoms with Crippen molar-refractivity contribution in [1.29, 1.82) is 0 Å². The van der Waals surface area contributed by atoms with Crippen LogP contribution in [0.2, 0.25) is 0 Å². The Labute approximate surface area is 77.7 Å². The zero-order chi connectivity index (χ0) is 9.47. The van der Waals surface area contributed by atoms with E-state index in [-0.39, 0.29) is 12.0 Å². The van der Waals surface area contributed by atoms with Gasteiger partial charge in [-0.3, -0.25) is 0 Å². The quantitative estimate of drug-likeness (QED) is 0.755. The van der Waals surface area contributed by atoms with Gasteiger partial charge in [-0.1, -0.05) is 11.6 Å². The van der Waals surface area contributed by atoms with Crippen LogP contribution in [-0.4, -0.2) is 16.9 Å². The minimum Gasteiger partial charge on any atom is -0.395 e. The molecule has 0 radical (unpaired) electrons. The monoisotopic (exact) mass is 181 g/mol. The van der Waals surface area contributed by atoms with Crippen molar-refractivity contribution >= 4 is 0 Å². The second kappa shape index (κ2) is 2.84. The summed E-state index contributed by atoms with van der Waals surface area (Å²) in [6.45, 7) is 4.09. The number of nitrogens with zero attached hydrogens (tertiary/aromatic N) is 1. The van der Waals surface area contributed by atoms with E-state index in [2.05, 4.69) is 5.16 Å². The largest absolute Gasteiger partial charge is 0.395 e. The molecule has 0 amide bonds. The molecular weight excluding hydrogens is 166 g/mol. The first kappa shape index (κ1) is 8.75. The normalized spacial score (nSPS) is 19.9. The van der Waals surface area contributed by atoms with Gasteiger partial charge < -0.3 is 9.63 Å². The molecule has 13 heavy (non-hydrogen) atoms. The van der Waals surface area contributed by atoms with E-state index in [0.717, 1.165) is 29.9 Å². The Morgan fingerprint density at radius 1 is 1.46 bits per heavy atom. The molecule has 72 valence electrons. The summed E-state index contributed by atoms with van der Waals surface area (Å²) < 4.78 is 5.12. The predicted octanol–water partition coefficient (Wildman–Crippen LogP) is 1.71. The van der Waals surface area contributed by atoms with Gasteiger partial charge in [-0.05, 0) is 26.7 Å². The topological polar surface area (TPSA) is 46.3 Å². The van der Waals surface area contributed by atoms with E-state index in [0.29, 0.717) is 0 Å². The Kier molecular flexibility index (Phi) is 1.91. The smallest absolute Gasteiger partial charge is 0.137 e. The zero-order valence-electron chi connectivity index (χ0n) is 8.13. The molecule has 1 aliphatic rings. The van der Waals surface area contributed by atoms with E-state index in [1.807, 2.05) is 13.8 Å². The molecule has 1 N–H and O–H groups in total. The average molecular weight is 181 g/mol. The Morgan fingerprint density at radius 3 is 2.46 bits per heavy atom. The molecule has 1 saturated carbocycles. The lowest BCUT2D eigenvalue weighted by molar-refractivity contribution is 0.118. The molecule has 0 atom stereocenters. The van der Waals surface area contributed by atoms with Gasteiger partial charge in [0.25, 0.3) is 0 Å². The van der Waals surface area contributed by atoms with Gasteiger partial charge in [0.15, 0.2) is 0 Å². The van der Waals surface area contributed by atoms with Crippen molar-refractivity contribution in [2.24, 2.45) is 0 Å². The summed E-state index contributed by atoms with van der Waals surface area (Å²) in [5.74, 6) is 0.867. The number of hydrogen-bond acceptors (Lipinski definition) is 3. The van der Waals surface area contributed by atoms with Crippen LogP contribution in [-0.2, 0) is 5.41 Å². The third-order valence-electron chi connectivity index (χ3n) is 3.18. The molecule has 1 heterocycles. The van der Waals surface area contributed by atoms with Crippen LogP contribution < -0.4 is 0 Å². The highest BCUT2D eigenvalue weighted by molar-refractivity contribution is 5.33. The van der Waals surface area contributed by atoms with Gasteiger partial charge in [0.05, 0.1) is 12.3 Å². The summed E-state index contributed by atoms with van der Waals surface area (Å²) in [4.78, 5) is 0. The van der Waals surface area contributed by atoms with Crippen molar-refractivity contribution in [1.82, 2.24) is 5.16 Å². The first-order valence-corrected chi connectivity index (χ1v) is 4.74. The van der Waals surface area contributed by atoms with Gasteiger partial charge in [-0.15, -0.1) is 0 Å². The minimum atomic E-state index is -0.0336. The molecule has 2 rings (SSSR count). The van der Waals surface area contributed by atoms with Crippen LogP contribution in [0.15, 0.2) is 4.52 Å². The molecule has 0 aliphatic heterocycles. The van der Waals surface area contributed by atoms with E-state index in [1.165, 1.54) is 6.42 Å². The summed E-state index contributed by atoms with van der Waals surface area (Å²) in [6.07, 6.45) is 3.32. The number of rotatable bonds is 2. The van der Waals surface area contributed by atoms with Crippen molar-refractivity contribution in [2.75, 3.05) is 6.61 Å². The molecule has 3 nitrogen and oxygen atoms in total. The average Bonchev–Trinajstić information content (AvgIpc) is 2.35. The van der Waals surface area contributed by atoms with E-state index in [1.54, 1.807) is 0 Å².